The van der Waals surface area contributed by atoms with E-state index in [9.17, 15) is 0 Å². The second-order valence-electron chi connectivity index (χ2n) is 4.88. The van der Waals surface area contributed by atoms with Crippen LogP contribution >= 0.6 is 0 Å². The minimum atomic E-state index is 0.341. The van der Waals surface area contributed by atoms with Crippen LogP contribution in [0.3, 0.4) is 0 Å². The van der Waals surface area contributed by atoms with Gasteiger partial charge in [0.15, 0.2) is 12.0 Å². The third kappa shape index (κ3) is 1.27. The average Bonchev–Trinajstić information content (AvgIpc) is 2.63. The molecule has 1 unspecified atom stereocenters. The van der Waals surface area contributed by atoms with Gasteiger partial charge in [-0.25, -0.2) is 4.98 Å². The Kier molecular flexibility index (Phi) is 1.68. The molecule has 0 amide bonds. The minimum Gasteiger partial charge on any atom is -0.443 e. The highest BCUT2D eigenvalue weighted by Gasteiger charge is 2.39. The number of aromatic nitrogens is 1. The lowest BCUT2D eigenvalue weighted by Gasteiger charge is -2.46. The summed E-state index contributed by atoms with van der Waals surface area (Å²) in [6, 6.07) is 6.67. The van der Waals surface area contributed by atoms with E-state index in [1.54, 1.807) is 0 Å². The quantitative estimate of drug-likeness (QED) is 0.772. The van der Waals surface area contributed by atoms with E-state index in [1.165, 1.54) is 12.0 Å². The van der Waals surface area contributed by atoms with E-state index in [0.717, 1.165) is 17.6 Å². The van der Waals surface area contributed by atoms with Crippen molar-refractivity contribution in [1.82, 2.24) is 10.3 Å². The number of hydrogen-bond acceptors (Lipinski definition) is 3. The molecule has 1 aromatic carbocycles. The molecule has 0 aliphatic carbocycles. The first-order valence-electron chi connectivity index (χ1n) is 5.23. The molecule has 1 saturated heterocycles. The van der Waals surface area contributed by atoms with E-state index in [2.05, 4.69) is 36.3 Å². The maximum Gasteiger partial charge on any atom is 0.181 e. The van der Waals surface area contributed by atoms with E-state index in [1.807, 2.05) is 6.07 Å². The Bertz CT molecular complexity index is 501. The molecule has 15 heavy (non-hydrogen) atoms. The molecule has 3 rings (SSSR count). The van der Waals surface area contributed by atoms with Crippen molar-refractivity contribution in [2.24, 2.45) is 5.41 Å². The van der Waals surface area contributed by atoms with Crippen LogP contribution in [0.1, 0.15) is 25.5 Å². The topological polar surface area (TPSA) is 38.1 Å². The summed E-state index contributed by atoms with van der Waals surface area (Å²) in [6.07, 6.45) is 1.49. The van der Waals surface area contributed by atoms with Gasteiger partial charge >= 0.3 is 0 Å². The van der Waals surface area contributed by atoms with Gasteiger partial charge in [-0.3, -0.25) is 0 Å². The smallest absolute Gasteiger partial charge is 0.181 e. The Labute approximate surface area is 88.5 Å². The number of nitrogens with zero attached hydrogens (tertiary/aromatic N) is 1. The molecule has 1 fully saturated rings. The van der Waals surface area contributed by atoms with Crippen LogP contribution in [0.25, 0.3) is 11.1 Å². The summed E-state index contributed by atoms with van der Waals surface area (Å²) in [6.45, 7) is 5.63. The Balaban J connectivity index is 2.04. The second-order valence-corrected chi connectivity index (χ2v) is 4.88. The second kappa shape index (κ2) is 2.83. The van der Waals surface area contributed by atoms with Gasteiger partial charge in [0.25, 0.3) is 0 Å². The highest BCUT2D eigenvalue weighted by atomic mass is 16.3. The molecule has 1 aliphatic rings. The van der Waals surface area contributed by atoms with Gasteiger partial charge in [0.05, 0.1) is 0 Å². The third-order valence-corrected chi connectivity index (χ3v) is 3.23. The zero-order valence-corrected chi connectivity index (χ0v) is 8.95. The van der Waals surface area contributed by atoms with Crippen LogP contribution in [0.2, 0.25) is 0 Å². The molecular weight excluding hydrogens is 188 g/mol. The largest absolute Gasteiger partial charge is 0.443 e. The van der Waals surface area contributed by atoms with E-state index >= 15 is 0 Å². The van der Waals surface area contributed by atoms with Crippen molar-refractivity contribution in [3.8, 4) is 0 Å². The normalized spacial score (nSPS) is 24.0. The fourth-order valence-corrected chi connectivity index (χ4v) is 2.23. The Hall–Kier alpha value is -1.35. The third-order valence-electron chi connectivity index (χ3n) is 3.23. The Morgan fingerprint density at radius 3 is 3.00 bits per heavy atom. The summed E-state index contributed by atoms with van der Waals surface area (Å²) in [5.41, 5.74) is 3.43. The number of oxazole rings is 1. The number of fused-ring (bicyclic) bond motifs is 1. The summed E-state index contributed by atoms with van der Waals surface area (Å²) in [7, 11) is 0. The van der Waals surface area contributed by atoms with E-state index in [0.29, 0.717) is 11.5 Å². The zero-order valence-electron chi connectivity index (χ0n) is 8.95. The van der Waals surface area contributed by atoms with Crippen molar-refractivity contribution in [3.63, 3.8) is 0 Å². The van der Waals surface area contributed by atoms with Crippen molar-refractivity contribution >= 4 is 11.1 Å². The van der Waals surface area contributed by atoms with Gasteiger partial charge < -0.3 is 9.73 Å². The summed E-state index contributed by atoms with van der Waals surface area (Å²) in [5.74, 6) is 0. The van der Waals surface area contributed by atoms with Gasteiger partial charge in [0, 0.05) is 12.6 Å². The van der Waals surface area contributed by atoms with Crippen molar-refractivity contribution in [1.29, 1.82) is 0 Å². The number of hydrogen-bond donors (Lipinski definition) is 1. The van der Waals surface area contributed by atoms with E-state index in [4.69, 9.17) is 4.42 Å². The molecule has 3 heteroatoms. The first kappa shape index (κ1) is 8.92. The van der Waals surface area contributed by atoms with Crippen LogP contribution < -0.4 is 5.32 Å². The average molecular weight is 202 g/mol. The van der Waals surface area contributed by atoms with Gasteiger partial charge in [-0.15, -0.1) is 0 Å². The first-order valence-corrected chi connectivity index (χ1v) is 5.23. The minimum absolute atomic E-state index is 0.341. The summed E-state index contributed by atoms with van der Waals surface area (Å²) >= 11 is 0. The molecule has 1 atom stereocenters. The molecular formula is C12H14N2O. The number of nitrogens with one attached hydrogen (secondary N) is 1. The zero-order chi connectivity index (χ0) is 10.5. The molecule has 1 N–H and O–H groups in total. The molecule has 0 saturated carbocycles. The standard InChI is InChI=1S/C12H14N2O/c1-12(2)6-13-11(12)8-3-4-9-10(5-8)15-7-14-9/h3-5,7,11,13H,6H2,1-2H3. The SMILES string of the molecule is CC1(C)CNC1c1ccc2ncoc2c1. The van der Waals surface area contributed by atoms with Crippen LogP contribution in [0.4, 0.5) is 0 Å². The Morgan fingerprint density at radius 1 is 1.47 bits per heavy atom. The van der Waals surface area contributed by atoms with Crippen LogP contribution in [0, 0.1) is 5.41 Å². The monoisotopic (exact) mass is 202 g/mol. The molecule has 2 heterocycles. The fourth-order valence-electron chi connectivity index (χ4n) is 2.23. The molecule has 3 nitrogen and oxygen atoms in total. The van der Waals surface area contributed by atoms with Gasteiger partial charge in [0.1, 0.15) is 5.52 Å². The maximum absolute atomic E-state index is 5.31. The van der Waals surface area contributed by atoms with Gasteiger partial charge in [-0.1, -0.05) is 19.9 Å². The fraction of sp³-hybridized carbons (Fsp3) is 0.417. The predicted molar refractivity (Wildman–Crippen MR) is 58.5 cm³/mol. The van der Waals surface area contributed by atoms with Crippen molar-refractivity contribution in [2.75, 3.05) is 6.54 Å². The Morgan fingerprint density at radius 2 is 2.33 bits per heavy atom. The van der Waals surface area contributed by atoms with Crippen molar-refractivity contribution < 1.29 is 4.42 Å². The number of rotatable bonds is 1. The van der Waals surface area contributed by atoms with Gasteiger partial charge in [-0.05, 0) is 23.1 Å². The van der Waals surface area contributed by atoms with Crippen LogP contribution in [-0.4, -0.2) is 11.5 Å². The summed E-state index contributed by atoms with van der Waals surface area (Å²) < 4.78 is 5.31. The maximum atomic E-state index is 5.31. The highest BCUT2D eigenvalue weighted by Crippen LogP contribution is 2.40. The molecule has 1 aliphatic heterocycles. The first-order chi connectivity index (χ1) is 7.17. The summed E-state index contributed by atoms with van der Waals surface area (Å²) in [4.78, 5) is 4.11. The lowest BCUT2D eigenvalue weighted by atomic mass is 9.74. The van der Waals surface area contributed by atoms with Crippen molar-refractivity contribution in [3.05, 3.63) is 30.2 Å². The van der Waals surface area contributed by atoms with E-state index < -0.39 is 0 Å². The molecule has 0 radical (unpaired) electrons. The molecule has 78 valence electrons. The van der Waals surface area contributed by atoms with Crippen LogP contribution in [0.15, 0.2) is 29.0 Å². The molecule has 2 aromatic rings. The highest BCUT2D eigenvalue weighted by molar-refractivity contribution is 5.73. The van der Waals surface area contributed by atoms with Crippen LogP contribution in [-0.2, 0) is 0 Å². The van der Waals surface area contributed by atoms with Gasteiger partial charge in [0.2, 0.25) is 0 Å². The number of benzene rings is 1. The summed E-state index contributed by atoms with van der Waals surface area (Å²) in [5, 5.41) is 3.45. The van der Waals surface area contributed by atoms with Gasteiger partial charge in [-0.2, -0.15) is 0 Å². The predicted octanol–water partition coefficient (Wildman–Crippen LogP) is 2.50. The van der Waals surface area contributed by atoms with E-state index in [-0.39, 0.29) is 0 Å². The lowest BCUT2D eigenvalue weighted by Crippen LogP contribution is -2.52. The molecule has 0 bridgehead atoms. The molecule has 1 aromatic heterocycles. The lowest BCUT2D eigenvalue weighted by molar-refractivity contribution is 0.128. The molecule has 0 spiro atoms. The van der Waals surface area contributed by atoms with Crippen molar-refractivity contribution in [2.45, 2.75) is 19.9 Å². The van der Waals surface area contributed by atoms with Crippen LogP contribution in [0.5, 0.6) is 0 Å².